The Morgan fingerprint density at radius 1 is 0.786 bits per heavy atom. The van der Waals surface area contributed by atoms with E-state index in [4.69, 9.17) is 0 Å². The van der Waals surface area contributed by atoms with Crippen LogP contribution < -0.4 is 0 Å². The van der Waals surface area contributed by atoms with Gasteiger partial charge >= 0.3 is 0 Å². The van der Waals surface area contributed by atoms with Crippen LogP contribution >= 0.6 is 0 Å². The molecule has 2 aromatic heterocycles. The van der Waals surface area contributed by atoms with Gasteiger partial charge in [0, 0.05) is 48.6 Å². The van der Waals surface area contributed by atoms with Crippen molar-refractivity contribution in [3.8, 4) is 0 Å². The van der Waals surface area contributed by atoms with E-state index in [9.17, 15) is 0 Å². The Hall–Kier alpha value is -2.82. The Morgan fingerprint density at radius 3 is 1.75 bits per heavy atom. The highest BCUT2D eigenvalue weighted by molar-refractivity contribution is 5.98. The fourth-order valence-corrected chi connectivity index (χ4v) is 4.16. The van der Waals surface area contributed by atoms with Crippen molar-refractivity contribution in [2.75, 3.05) is 40.3 Å². The van der Waals surface area contributed by atoms with E-state index in [1.807, 2.05) is 0 Å². The van der Waals surface area contributed by atoms with Crippen LogP contribution in [0.5, 0.6) is 0 Å². The summed E-state index contributed by atoms with van der Waals surface area (Å²) in [6, 6.07) is 21.6. The summed E-state index contributed by atoms with van der Waals surface area (Å²) < 4.78 is 0. The third-order valence-corrected chi connectivity index (χ3v) is 5.70. The Kier molecular flexibility index (Phi) is 4.30. The number of para-hydroxylation sites is 2. The molecule has 2 aromatic carbocycles. The highest BCUT2D eigenvalue weighted by atomic mass is 15.2. The van der Waals surface area contributed by atoms with Crippen molar-refractivity contribution in [2.45, 2.75) is 0 Å². The summed E-state index contributed by atoms with van der Waals surface area (Å²) >= 11 is 0. The average Bonchev–Trinajstić information content (AvgIpc) is 3.40. The summed E-state index contributed by atoms with van der Waals surface area (Å²) in [5.41, 5.74) is 7.69. The molecule has 0 unspecified atom stereocenters. The van der Waals surface area contributed by atoms with Gasteiger partial charge in [0.1, 0.15) is 0 Å². The summed E-state index contributed by atoms with van der Waals surface area (Å²) in [6.07, 6.45) is 0. The number of aromatic amines is 2. The largest absolute Gasteiger partial charge is 0.355 e. The zero-order valence-electron chi connectivity index (χ0n) is 16.5. The number of benzene rings is 2. The SMILES string of the molecule is CN(C)CCN1CC(c2cc3ccccc3[nH]2)=C(c2cc3ccccc3[nH]2)C1. The molecule has 1 aliphatic rings. The van der Waals surface area contributed by atoms with Gasteiger partial charge in [0.2, 0.25) is 0 Å². The first-order valence-corrected chi connectivity index (χ1v) is 9.93. The second-order valence-corrected chi connectivity index (χ2v) is 8.01. The molecule has 0 aliphatic carbocycles. The van der Waals surface area contributed by atoms with Crippen molar-refractivity contribution in [1.82, 2.24) is 19.8 Å². The molecule has 0 atom stereocenters. The van der Waals surface area contributed by atoms with Crippen molar-refractivity contribution in [1.29, 1.82) is 0 Å². The molecule has 4 nitrogen and oxygen atoms in total. The average molecular weight is 371 g/mol. The molecular formula is C24H26N4. The monoisotopic (exact) mass is 370 g/mol. The zero-order valence-corrected chi connectivity index (χ0v) is 16.5. The predicted octanol–water partition coefficient (Wildman–Crippen LogP) is 4.44. The number of hydrogen-bond acceptors (Lipinski definition) is 2. The number of nitrogens with zero attached hydrogens (tertiary/aromatic N) is 2. The van der Waals surface area contributed by atoms with Crippen LogP contribution in [-0.4, -0.2) is 60.0 Å². The maximum absolute atomic E-state index is 3.65. The van der Waals surface area contributed by atoms with Gasteiger partial charge < -0.3 is 14.9 Å². The van der Waals surface area contributed by atoms with Gasteiger partial charge in [-0.25, -0.2) is 0 Å². The fraction of sp³-hybridized carbons (Fsp3) is 0.250. The summed E-state index contributed by atoms with van der Waals surface area (Å²) in [4.78, 5) is 12.1. The molecule has 1 aliphatic heterocycles. The van der Waals surface area contributed by atoms with E-state index in [1.165, 1.54) is 44.3 Å². The molecule has 0 spiro atoms. The maximum Gasteiger partial charge on any atom is 0.0458 e. The summed E-state index contributed by atoms with van der Waals surface area (Å²) in [7, 11) is 4.28. The van der Waals surface area contributed by atoms with E-state index < -0.39 is 0 Å². The Bertz CT molecular complexity index is 1010. The van der Waals surface area contributed by atoms with Crippen LogP contribution in [0.4, 0.5) is 0 Å². The quantitative estimate of drug-likeness (QED) is 0.545. The van der Waals surface area contributed by atoms with E-state index in [0.717, 1.165) is 26.2 Å². The molecule has 0 saturated heterocycles. The fourth-order valence-electron chi connectivity index (χ4n) is 4.16. The van der Waals surface area contributed by atoms with Crippen molar-refractivity contribution in [3.63, 3.8) is 0 Å². The number of hydrogen-bond donors (Lipinski definition) is 2. The second kappa shape index (κ2) is 6.97. The lowest BCUT2D eigenvalue weighted by Gasteiger charge is -2.18. The zero-order chi connectivity index (χ0) is 19.1. The molecule has 0 fully saturated rings. The highest BCUT2D eigenvalue weighted by Crippen LogP contribution is 2.35. The van der Waals surface area contributed by atoms with Crippen LogP contribution in [0.3, 0.4) is 0 Å². The maximum atomic E-state index is 3.65. The third-order valence-electron chi connectivity index (χ3n) is 5.70. The van der Waals surface area contributed by atoms with Crippen LogP contribution in [0.1, 0.15) is 11.4 Å². The Balaban J connectivity index is 1.57. The van der Waals surface area contributed by atoms with Gasteiger partial charge in [-0.1, -0.05) is 36.4 Å². The lowest BCUT2D eigenvalue weighted by atomic mass is 10.1. The van der Waals surface area contributed by atoms with Crippen LogP contribution in [0.15, 0.2) is 60.7 Å². The van der Waals surface area contributed by atoms with E-state index >= 15 is 0 Å². The molecule has 0 radical (unpaired) electrons. The minimum atomic E-state index is 0.978. The number of rotatable bonds is 5. The van der Waals surface area contributed by atoms with E-state index in [1.54, 1.807) is 0 Å². The number of aromatic nitrogens is 2. The summed E-state index contributed by atoms with van der Waals surface area (Å²) in [6.45, 7) is 4.09. The summed E-state index contributed by atoms with van der Waals surface area (Å²) in [5.74, 6) is 0. The molecule has 4 heteroatoms. The lowest BCUT2D eigenvalue weighted by Crippen LogP contribution is -2.30. The van der Waals surface area contributed by atoms with Gasteiger partial charge in [-0.3, -0.25) is 4.90 Å². The first-order valence-electron chi connectivity index (χ1n) is 9.93. The molecule has 0 bridgehead atoms. The van der Waals surface area contributed by atoms with Crippen molar-refractivity contribution < 1.29 is 0 Å². The molecule has 3 heterocycles. The van der Waals surface area contributed by atoms with Gasteiger partial charge in [-0.2, -0.15) is 0 Å². The van der Waals surface area contributed by atoms with Gasteiger partial charge in [-0.05, 0) is 60.3 Å². The first kappa shape index (κ1) is 17.3. The van der Waals surface area contributed by atoms with Crippen molar-refractivity contribution in [2.24, 2.45) is 0 Å². The van der Waals surface area contributed by atoms with Crippen LogP contribution in [0, 0.1) is 0 Å². The van der Waals surface area contributed by atoms with Gasteiger partial charge in [0.15, 0.2) is 0 Å². The molecule has 0 saturated carbocycles. The normalized spacial score (nSPS) is 15.5. The number of H-pyrrole nitrogens is 2. The Morgan fingerprint density at radius 2 is 1.29 bits per heavy atom. The van der Waals surface area contributed by atoms with Gasteiger partial charge in [-0.15, -0.1) is 0 Å². The van der Waals surface area contributed by atoms with Crippen molar-refractivity contribution >= 4 is 33.0 Å². The number of nitrogens with one attached hydrogen (secondary N) is 2. The molecule has 0 amide bonds. The van der Waals surface area contributed by atoms with Crippen molar-refractivity contribution in [3.05, 3.63) is 72.1 Å². The lowest BCUT2D eigenvalue weighted by molar-refractivity contribution is 0.295. The standard InChI is InChI=1S/C24H26N4/c1-27(2)11-12-28-15-19(23-13-17-7-3-5-9-21(17)25-23)20(16-28)24-14-18-8-4-6-10-22(18)26-24/h3-10,13-14,25-26H,11-12,15-16H2,1-2H3. The molecule has 5 rings (SSSR count). The number of fused-ring (bicyclic) bond motifs is 2. The predicted molar refractivity (Wildman–Crippen MR) is 118 cm³/mol. The minimum Gasteiger partial charge on any atom is -0.355 e. The molecular weight excluding hydrogens is 344 g/mol. The van der Waals surface area contributed by atoms with E-state index in [-0.39, 0.29) is 0 Å². The smallest absolute Gasteiger partial charge is 0.0458 e. The van der Waals surface area contributed by atoms with Gasteiger partial charge in [0.25, 0.3) is 0 Å². The molecule has 142 valence electrons. The van der Waals surface area contributed by atoms with Gasteiger partial charge in [0.05, 0.1) is 0 Å². The second-order valence-electron chi connectivity index (χ2n) is 8.01. The first-order chi connectivity index (χ1) is 13.7. The number of likely N-dealkylation sites (N-methyl/N-ethyl adjacent to an activating group) is 1. The minimum absolute atomic E-state index is 0.978. The molecule has 2 N–H and O–H groups in total. The van der Waals surface area contributed by atoms with E-state index in [2.05, 4.69) is 94.5 Å². The third kappa shape index (κ3) is 3.15. The van der Waals surface area contributed by atoms with Crippen LogP contribution in [0.25, 0.3) is 33.0 Å². The Labute approximate surface area is 165 Å². The van der Waals surface area contributed by atoms with Crippen LogP contribution in [-0.2, 0) is 0 Å². The molecule has 28 heavy (non-hydrogen) atoms. The molecule has 4 aromatic rings. The van der Waals surface area contributed by atoms with Crippen LogP contribution in [0.2, 0.25) is 0 Å². The topological polar surface area (TPSA) is 38.1 Å². The van der Waals surface area contributed by atoms with E-state index in [0.29, 0.717) is 0 Å². The highest BCUT2D eigenvalue weighted by Gasteiger charge is 2.26. The summed E-state index contributed by atoms with van der Waals surface area (Å²) in [5, 5.41) is 2.54.